The summed E-state index contributed by atoms with van der Waals surface area (Å²) in [6.45, 7) is 2.58. The fourth-order valence-electron chi connectivity index (χ4n) is 5.72. The quantitative estimate of drug-likeness (QED) is 0.391. The molecule has 5 rings (SSSR count). The summed E-state index contributed by atoms with van der Waals surface area (Å²) >= 11 is 0. The van der Waals surface area contributed by atoms with Crippen molar-refractivity contribution in [3.05, 3.63) is 71.2 Å². The second-order valence-electron chi connectivity index (χ2n) is 10.2. The summed E-state index contributed by atoms with van der Waals surface area (Å²) in [4.78, 5) is 22.2. The van der Waals surface area contributed by atoms with Crippen molar-refractivity contribution in [2.24, 2.45) is 0 Å². The van der Waals surface area contributed by atoms with Crippen molar-refractivity contribution in [2.45, 2.75) is 57.8 Å². The third-order valence-corrected chi connectivity index (χ3v) is 7.82. The van der Waals surface area contributed by atoms with E-state index < -0.39 is 5.82 Å². The maximum absolute atomic E-state index is 15.0. The van der Waals surface area contributed by atoms with Gasteiger partial charge in [0, 0.05) is 48.1 Å². The molecule has 1 aliphatic heterocycles. The number of aryl methyl sites for hydroxylation is 1. The topological polar surface area (TPSA) is 79.0 Å². The van der Waals surface area contributed by atoms with E-state index in [0.717, 1.165) is 53.8 Å². The predicted octanol–water partition coefficient (Wildman–Crippen LogP) is 5.64. The van der Waals surface area contributed by atoms with Crippen LogP contribution in [0.3, 0.4) is 0 Å². The second-order valence-corrected chi connectivity index (χ2v) is 10.2. The van der Waals surface area contributed by atoms with Crippen molar-refractivity contribution in [1.29, 1.82) is 0 Å². The van der Waals surface area contributed by atoms with Crippen LogP contribution in [0, 0.1) is 12.7 Å². The molecule has 39 heavy (non-hydrogen) atoms. The van der Waals surface area contributed by atoms with Crippen molar-refractivity contribution in [3.63, 3.8) is 0 Å². The SMILES string of the molecule is CNC1CCCC(N2C(=O)N(c3c(C)cccc3F)Cc3cnc(NCc4ccc(OC)cc4OC)cc32)C1. The van der Waals surface area contributed by atoms with Gasteiger partial charge in [-0.15, -0.1) is 0 Å². The van der Waals surface area contributed by atoms with Crippen molar-refractivity contribution in [3.8, 4) is 11.5 Å². The first-order chi connectivity index (χ1) is 18.9. The lowest BCUT2D eigenvalue weighted by Gasteiger charge is -2.44. The van der Waals surface area contributed by atoms with E-state index in [2.05, 4.69) is 15.6 Å². The molecule has 2 amide bonds. The standard InChI is InChI=1S/C30H36FN5O3/c1-19-7-5-10-25(31)29(19)35-18-21-17-34-28(33-16-20-11-12-24(38-3)14-27(20)39-4)15-26(21)36(30(35)37)23-9-6-8-22(13-23)32-2/h5,7,10-12,14-15,17,22-23,32H,6,8-9,13,16,18H2,1-4H3,(H,33,34). The highest BCUT2D eigenvalue weighted by atomic mass is 19.1. The number of benzene rings is 2. The van der Waals surface area contributed by atoms with Gasteiger partial charge in [0.25, 0.3) is 0 Å². The Morgan fingerprint density at radius 3 is 2.72 bits per heavy atom. The number of pyridine rings is 1. The number of halogens is 1. The molecule has 2 unspecified atom stereocenters. The van der Waals surface area contributed by atoms with Crippen LogP contribution >= 0.6 is 0 Å². The molecule has 2 heterocycles. The van der Waals surface area contributed by atoms with Crippen LogP contribution in [0.4, 0.5) is 26.4 Å². The van der Waals surface area contributed by atoms with Gasteiger partial charge in [0.2, 0.25) is 0 Å². The number of ether oxygens (including phenoxy) is 2. The van der Waals surface area contributed by atoms with Crippen molar-refractivity contribution in [2.75, 3.05) is 36.4 Å². The predicted molar refractivity (Wildman–Crippen MR) is 151 cm³/mol. The maximum atomic E-state index is 15.0. The summed E-state index contributed by atoms with van der Waals surface area (Å²) in [7, 11) is 5.22. The first-order valence-corrected chi connectivity index (χ1v) is 13.4. The Balaban J connectivity index is 1.49. The van der Waals surface area contributed by atoms with Gasteiger partial charge in [0.15, 0.2) is 0 Å². The molecule has 9 heteroatoms. The first-order valence-electron chi connectivity index (χ1n) is 13.4. The summed E-state index contributed by atoms with van der Waals surface area (Å²) < 4.78 is 25.9. The lowest BCUT2D eigenvalue weighted by Crippen LogP contribution is -2.54. The fourth-order valence-corrected chi connectivity index (χ4v) is 5.72. The minimum Gasteiger partial charge on any atom is -0.497 e. The molecule has 206 valence electrons. The largest absolute Gasteiger partial charge is 0.497 e. The van der Waals surface area contributed by atoms with E-state index in [1.807, 2.05) is 49.2 Å². The van der Waals surface area contributed by atoms with E-state index >= 15 is 4.39 Å². The number of hydrogen-bond donors (Lipinski definition) is 2. The van der Waals surface area contributed by atoms with Crippen LogP contribution in [0.15, 0.2) is 48.7 Å². The van der Waals surface area contributed by atoms with Gasteiger partial charge in [0.1, 0.15) is 23.1 Å². The number of carbonyl (C=O) groups excluding carboxylic acids is 1. The highest BCUT2D eigenvalue weighted by molar-refractivity contribution is 6.07. The molecule has 2 atom stereocenters. The second kappa shape index (κ2) is 11.5. The lowest BCUT2D eigenvalue weighted by atomic mass is 9.89. The number of nitrogens with zero attached hydrogens (tertiary/aromatic N) is 3. The highest BCUT2D eigenvalue weighted by Gasteiger charge is 2.39. The average molecular weight is 534 g/mol. The van der Waals surface area contributed by atoms with E-state index in [1.54, 1.807) is 31.4 Å². The number of para-hydroxylation sites is 1. The third-order valence-electron chi connectivity index (χ3n) is 7.82. The van der Waals surface area contributed by atoms with Crippen molar-refractivity contribution < 1.29 is 18.7 Å². The number of fused-ring (bicyclic) bond motifs is 1. The van der Waals surface area contributed by atoms with Crippen LogP contribution in [0.2, 0.25) is 0 Å². The number of urea groups is 1. The molecular formula is C30H36FN5O3. The number of rotatable bonds is 8. The molecule has 0 saturated heterocycles. The van der Waals surface area contributed by atoms with Gasteiger partial charge >= 0.3 is 6.03 Å². The van der Waals surface area contributed by atoms with E-state index in [0.29, 0.717) is 29.8 Å². The number of nitrogens with one attached hydrogen (secondary N) is 2. The highest BCUT2D eigenvalue weighted by Crippen LogP contribution is 2.39. The molecule has 0 radical (unpaired) electrons. The smallest absolute Gasteiger partial charge is 0.329 e. The number of anilines is 3. The summed E-state index contributed by atoms with van der Waals surface area (Å²) in [5, 5.41) is 6.77. The average Bonchev–Trinajstić information content (AvgIpc) is 2.96. The Hall–Kier alpha value is -3.85. The first kappa shape index (κ1) is 26.7. The molecule has 1 aliphatic carbocycles. The number of aromatic nitrogens is 1. The fraction of sp³-hybridized carbons (Fsp3) is 0.400. The zero-order chi connectivity index (χ0) is 27.5. The Bertz CT molecular complexity index is 1330. The van der Waals surface area contributed by atoms with Gasteiger partial charge in [-0.2, -0.15) is 0 Å². The Kier molecular flexibility index (Phi) is 7.88. The number of carbonyl (C=O) groups is 1. The summed E-state index contributed by atoms with van der Waals surface area (Å²) in [5.41, 5.74) is 3.72. The normalized spacial score (nSPS) is 19.1. The molecule has 0 spiro atoms. The van der Waals surface area contributed by atoms with Crippen LogP contribution < -0.4 is 29.9 Å². The van der Waals surface area contributed by atoms with Crippen molar-refractivity contribution >= 4 is 23.2 Å². The number of hydrogen-bond acceptors (Lipinski definition) is 6. The van der Waals surface area contributed by atoms with Crippen LogP contribution in [-0.4, -0.2) is 44.4 Å². The molecule has 1 aromatic heterocycles. The van der Waals surface area contributed by atoms with Crippen LogP contribution in [0.1, 0.15) is 42.4 Å². The molecule has 2 N–H and O–H groups in total. The van der Waals surface area contributed by atoms with Gasteiger partial charge in [-0.25, -0.2) is 14.2 Å². The summed E-state index contributed by atoms with van der Waals surface area (Å²) in [6.07, 6.45) is 5.61. The van der Waals surface area contributed by atoms with Gasteiger partial charge in [-0.05, 0) is 63.4 Å². The molecule has 2 aromatic carbocycles. The minimum absolute atomic E-state index is 0.00531. The van der Waals surface area contributed by atoms with Crippen LogP contribution in [0.5, 0.6) is 11.5 Å². The monoisotopic (exact) mass is 533 g/mol. The summed E-state index contributed by atoms with van der Waals surface area (Å²) in [6, 6.07) is 12.7. The zero-order valence-corrected chi connectivity index (χ0v) is 23.0. The van der Waals surface area contributed by atoms with Gasteiger partial charge in [-0.1, -0.05) is 12.1 Å². The zero-order valence-electron chi connectivity index (χ0n) is 23.0. The Labute approximate surface area is 229 Å². The van der Waals surface area contributed by atoms with Crippen LogP contribution in [0.25, 0.3) is 0 Å². The Morgan fingerprint density at radius 1 is 1.13 bits per heavy atom. The molecule has 8 nitrogen and oxygen atoms in total. The van der Waals surface area contributed by atoms with E-state index in [9.17, 15) is 4.79 Å². The van der Waals surface area contributed by atoms with E-state index in [1.165, 1.54) is 6.07 Å². The molecule has 2 aliphatic rings. The maximum Gasteiger partial charge on any atom is 0.329 e. The van der Waals surface area contributed by atoms with Crippen molar-refractivity contribution in [1.82, 2.24) is 10.3 Å². The summed E-state index contributed by atoms with van der Waals surface area (Å²) in [5.74, 6) is 1.69. The molecule has 1 fully saturated rings. The van der Waals surface area contributed by atoms with Gasteiger partial charge < -0.3 is 20.1 Å². The van der Waals surface area contributed by atoms with Gasteiger partial charge in [0.05, 0.1) is 32.1 Å². The Morgan fingerprint density at radius 2 is 1.97 bits per heavy atom. The molecule has 3 aromatic rings. The molecular weight excluding hydrogens is 497 g/mol. The minimum atomic E-state index is -0.400. The number of amides is 2. The van der Waals surface area contributed by atoms with Gasteiger partial charge in [-0.3, -0.25) is 9.80 Å². The van der Waals surface area contributed by atoms with Crippen LogP contribution in [-0.2, 0) is 13.1 Å². The van der Waals surface area contributed by atoms with E-state index in [4.69, 9.17) is 9.47 Å². The molecule has 1 saturated carbocycles. The third kappa shape index (κ3) is 5.36. The lowest BCUT2D eigenvalue weighted by molar-refractivity contribution is 0.242. The van der Waals surface area contributed by atoms with E-state index in [-0.39, 0.29) is 18.6 Å². The number of methoxy groups -OCH3 is 2. The molecule has 0 bridgehead atoms.